The highest BCUT2D eigenvalue weighted by molar-refractivity contribution is 4.97. The van der Waals surface area contributed by atoms with Gasteiger partial charge < -0.3 is 5.32 Å². The van der Waals surface area contributed by atoms with Gasteiger partial charge in [-0.05, 0) is 44.4 Å². The first-order valence-corrected chi connectivity index (χ1v) is 6.24. The fourth-order valence-electron chi connectivity index (χ4n) is 2.10. The van der Waals surface area contributed by atoms with E-state index in [9.17, 15) is 0 Å². The van der Waals surface area contributed by atoms with Crippen LogP contribution in [0.2, 0.25) is 0 Å². The zero-order valence-corrected chi connectivity index (χ0v) is 10.6. The number of hydrogen-bond donors (Lipinski definition) is 1. The highest BCUT2D eigenvalue weighted by Gasteiger charge is 2.42. The quantitative estimate of drug-likeness (QED) is 0.686. The van der Waals surface area contributed by atoms with Crippen LogP contribution in [-0.2, 0) is 0 Å². The summed E-state index contributed by atoms with van der Waals surface area (Å²) in [4.78, 5) is 0. The van der Waals surface area contributed by atoms with Gasteiger partial charge in [0.15, 0.2) is 0 Å². The molecule has 1 rings (SSSR count). The Hall–Kier alpha value is -0.0400. The molecule has 1 fully saturated rings. The SMILES string of the molecule is CCC(C)CC(C)NC(C)C1(C)CC1. The molecule has 0 aliphatic heterocycles. The average Bonchev–Trinajstić information content (AvgIpc) is 2.84. The number of hydrogen-bond acceptors (Lipinski definition) is 1. The Kier molecular flexibility index (Phi) is 4.00. The zero-order chi connectivity index (χ0) is 10.8. The molecule has 0 aromatic carbocycles. The second kappa shape index (κ2) is 4.65. The van der Waals surface area contributed by atoms with E-state index >= 15 is 0 Å². The second-order valence-electron chi connectivity index (χ2n) is 5.69. The number of rotatable bonds is 6. The van der Waals surface area contributed by atoms with Crippen LogP contribution in [0, 0.1) is 11.3 Å². The van der Waals surface area contributed by atoms with Crippen LogP contribution in [0.4, 0.5) is 0 Å². The summed E-state index contributed by atoms with van der Waals surface area (Å²) in [5, 5.41) is 3.75. The van der Waals surface area contributed by atoms with Crippen LogP contribution in [0.3, 0.4) is 0 Å². The molecule has 0 bridgehead atoms. The maximum atomic E-state index is 3.75. The van der Waals surface area contributed by atoms with Crippen molar-refractivity contribution in [2.75, 3.05) is 0 Å². The molecule has 1 N–H and O–H groups in total. The lowest BCUT2D eigenvalue weighted by atomic mass is 9.96. The smallest absolute Gasteiger partial charge is 0.00950 e. The Balaban J connectivity index is 2.22. The van der Waals surface area contributed by atoms with Gasteiger partial charge in [0.25, 0.3) is 0 Å². The lowest BCUT2D eigenvalue weighted by Gasteiger charge is -2.26. The third kappa shape index (κ3) is 3.27. The van der Waals surface area contributed by atoms with Gasteiger partial charge in [-0.1, -0.05) is 27.2 Å². The first kappa shape index (κ1) is 12.0. The molecule has 3 unspecified atom stereocenters. The molecule has 14 heavy (non-hydrogen) atoms. The van der Waals surface area contributed by atoms with Crippen molar-refractivity contribution < 1.29 is 0 Å². The summed E-state index contributed by atoms with van der Waals surface area (Å²) in [5.74, 6) is 0.858. The molecule has 0 spiro atoms. The van der Waals surface area contributed by atoms with Gasteiger partial charge in [-0.15, -0.1) is 0 Å². The number of nitrogens with one attached hydrogen (secondary N) is 1. The fraction of sp³-hybridized carbons (Fsp3) is 1.00. The van der Waals surface area contributed by atoms with Gasteiger partial charge in [-0.25, -0.2) is 0 Å². The largest absolute Gasteiger partial charge is 0.311 e. The van der Waals surface area contributed by atoms with E-state index < -0.39 is 0 Å². The minimum atomic E-state index is 0.615. The van der Waals surface area contributed by atoms with Crippen molar-refractivity contribution in [2.45, 2.75) is 72.4 Å². The second-order valence-corrected chi connectivity index (χ2v) is 5.69. The van der Waals surface area contributed by atoms with Crippen molar-refractivity contribution in [3.63, 3.8) is 0 Å². The van der Waals surface area contributed by atoms with E-state index in [4.69, 9.17) is 0 Å². The van der Waals surface area contributed by atoms with E-state index in [1.165, 1.54) is 25.7 Å². The third-order valence-electron chi connectivity index (χ3n) is 4.07. The first-order valence-electron chi connectivity index (χ1n) is 6.24. The summed E-state index contributed by atoms with van der Waals surface area (Å²) >= 11 is 0. The highest BCUT2D eigenvalue weighted by Crippen LogP contribution is 2.48. The molecular weight excluding hydrogens is 170 g/mol. The summed E-state index contributed by atoms with van der Waals surface area (Å²) < 4.78 is 0. The average molecular weight is 197 g/mol. The summed E-state index contributed by atoms with van der Waals surface area (Å²) in [6.07, 6.45) is 5.45. The van der Waals surface area contributed by atoms with E-state index in [2.05, 4.69) is 39.9 Å². The molecule has 1 saturated carbocycles. The van der Waals surface area contributed by atoms with Crippen molar-refractivity contribution >= 4 is 0 Å². The van der Waals surface area contributed by atoms with E-state index in [1.807, 2.05) is 0 Å². The van der Waals surface area contributed by atoms with Gasteiger partial charge >= 0.3 is 0 Å². The van der Waals surface area contributed by atoms with Crippen LogP contribution in [0.1, 0.15) is 60.3 Å². The monoisotopic (exact) mass is 197 g/mol. The van der Waals surface area contributed by atoms with Gasteiger partial charge in [0.2, 0.25) is 0 Å². The summed E-state index contributed by atoms with van der Waals surface area (Å²) in [6.45, 7) is 11.7. The van der Waals surface area contributed by atoms with E-state index in [-0.39, 0.29) is 0 Å². The summed E-state index contributed by atoms with van der Waals surface area (Å²) in [6, 6.07) is 1.37. The Morgan fingerprint density at radius 1 is 1.21 bits per heavy atom. The minimum absolute atomic E-state index is 0.615. The van der Waals surface area contributed by atoms with Crippen molar-refractivity contribution in [3.05, 3.63) is 0 Å². The van der Waals surface area contributed by atoms with Gasteiger partial charge in [0.05, 0.1) is 0 Å². The topological polar surface area (TPSA) is 12.0 Å². The van der Waals surface area contributed by atoms with Crippen molar-refractivity contribution in [3.8, 4) is 0 Å². The summed E-state index contributed by atoms with van der Waals surface area (Å²) in [7, 11) is 0. The van der Waals surface area contributed by atoms with E-state index in [0.717, 1.165) is 5.92 Å². The maximum Gasteiger partial charge on any atom is 0.00950 e. The van der Waals surface area contributed by atoms with Crippen molar-refractivity contribution in [2.24, 2.45) is 11.3 Å². The molecule has 1 nitrogen and oxygen atoms in total. The van der Waals surface area contributed by atoms with Gasteiger partial charge in [-0.3, -0.25) is 0 Å². The molecule has 84 valence electrons. The van der Waals surface area contributed by atoms with Crippen LogP contribution in [0.15, 0.2) is 0 Å². The minimum Gasteiger partial charge on any atom is -0.311 e. The predicted octanol–water partition coefficient (Wildman–Crippen LogP) is 3.59. The van der Waals surface area contributed by atoms with E-state index in [0.29, 0.717) is 17.5 Å². The van der Waals surface area contributed by atoms with Gasteiger partial charge in [0.1, 0.15) is 0 Å². The van der Waals surface area contributed by atoms with Crippen molar-refractivity contribution in [1.82, 2.24) is 5.32 Å². The molecule has 1 heteroatoms. The third-order valence-corrected chi connectivity index (χ3v) is 4.07. The predicted molar refractivity (Wildman–Crippen MR) is 63.5 cm³/mol. The lowest BCUT2D eigenvalue weighted by molar-refractivity contribution is 0.315. The van der Waals surface area contributed by atoms with Gasteiger partial charge in [0, 0.05) is 12.1 Å². The Labute approximate surface area is 89.7 Å². The Morgan fingerprint density at radius 3 is 2.21 bits per heavy atom. The maximum absolute atomic E-state index is 3.75. The highest BCUT2D eigenvalue weighted by atomic mass is 15.0. The molecule has 1 aliphatic rings. The summed E-state index contributed by atoms with van der Waals surface area (Å²) in [5.41, 5.74) is 0.615. The molecule has 0 aromatic rings. The molecule has 0 saturated heterocycles. The van der Waals surface area contributed by atoms with Gasteiger partial charge in [-0.2, -0.15) is 0 Å². The normalized spacial score (nSPS) is 25.5. The van der Waals surface area contributed by atoms with Crippen LogP contribution >= 0.6 is 0 Å². The molecule has 3 atom stereocenters. The molecule has 0 aromatic heterocycles. The first-order chi connectivity index (χ1) is 6.48. The van der Waals surface area contributed by atoms with Crippen LogP contribution < -0.4 is 5.32 Å². The van der Waals surface area contributed by atoms with Crippen LogP contribution in [-0.4, -0.2) is 12.1 Å². The standard InChI is InChI=1S/C13H27N/c1-6-10(2)9-11(3)14-12(4)13(5)7-8-13/h10-12,14H,6-9H2,1-5H3. The molecular formula is C13H27N. The molecule has 0 amide bonds. The fourth-order valence-corrected chi connectivity index (χ4v) is 2.10. The molecule has 0 radical (unpaired) electrons. The molecule has 1 aliphatic carbocycles. The van der Waals surface area contributed by atoms with Crippen LogP contribution in [0.5, 0.6) is 0 Å². The molecule has 0 heterocycles. The van der Waals surface area contributed by atoms with E-state index in [1.54, 1.807) is 0 Å². The van der Waals surface area contributed by atoms with Crippen molar-refractivity contribution in [1.29, 1.82) is 0 Å². The Bertz CT molecular complexity index is 172. The Morgan fingerprint density at radius 2 is 1.79 bits per heavy atom. The lowest BCUT2D eigenvalue weighted by Crippen LogP contribution is -2.40. The van der Waals surface area contributed by atoms with Crippen LogP contribution in [0.25, 0.3) is 0 Å². The zero-order valence-electron chi connectivity index (χ0n) is 10.6.